The number of nitrogens with one attached hydrogen (secondary N) is 2. The molecule has 0 aliphatic carbocycles. The Morgan fingerprint density at radius 3 is 2.50 bits per heavy atom. The van der Waals surface area contributed by atoms with Gasteiger partial charge in [0.2, 0.25) is 0 Å². The molecule has 18 heavy (non-hydrogen) atoms. The maximum absolute atomic E-state index is 5.37. The fraction of sp³-hybridized carbons (Fsp3) is 0.692. The van der Waals surface area contributed by atoms with Crippen molar-refractivity contribution >= 4 is 11.6 Å². The van der Waals surface area contributed by atoms with Gasteiger partial charge in [-0.1, -0.05) is 0 Å². The zero-order valence-corrected chi connectivity index (χ0v) is 11.4. The van der Waals surface area contributed by atoms with Gasteiger partial charge in [0.05, 0.1) is 0 Å². The van der Waals surface area contributed by atoms with Gasteiger partial charge in [0, 0.05) is 32.4 Å². The monoisotopic (exact) mass is 250 g/mol. The highest BCUT2D eigenvalue weighted by Crippen LogP contribution is 2.21. The number of hydrogen-bond acceptors (Lipinski definition) is 5. The second-order valence-electron chi connectivity index (χ2n) is 4.78. The second kappa shape index (κ2) is 6.00. The van der Waals surface area contributed by atoms with Gasteiger partial charge < -0.3 is 15.4 Å². The van der Waals surface area contributed by atoms with Crippen LogP contribution in [0.3, 0.4) is 0 Å². The molecule has 0 atom stereocenters. The standard InChI is InChI=1S/C13H22N4O/c1-9-12(14-3)16-10(2)17-13(9)15-8-11-4-6-18-7-5-11/h11H,4-8H2,1-3H3,(H2,14,15,16,17). The van der Waals surface area contributed by atoms with Crippen molar-refractivity contribution in [1.82, 2.24) is 9.97 Å². The van der Waals surface area contributed by atoms with Gasteiger partial charge in [0.15, 0.2) is 0 Å². The fourth-order valence-electron chi connectivity index (χ4n) is 2.24. The summed E-state index contributed by atoms with van der Waals surface area (Å²) in [5.74, 6) is 3.32. The predicted octanol–water partition coefficient (Wildman–Crippen LogP) is 1.97. The highest BCUT2D eigenvalue weighted by molar-refractivity contribution is 5.56. The van der Waals surface area contributed by atoms with E-state index in [1.807, 2.05) is 20.9 Å². The summed E-state index contributed by atoms with van der Waals surface area (Å²) in [7, 11) is 1.89. The molecule has 1 aliphatic rings. The zero-order chi connectivity index (χ0) is 13.0. The molecule has 0 spiro atoms. The van der Waals surface area contributed by atoms with E-state index in [9.17, 15) is 0 Å². The molecular formula is C13H22N4O. The van der Waals surface area contributed by atoms with E-state index in [2.05, 4.69) is 20.6 Å². The average Bonchev–Trinajstić information content (AvgIpc) is 2.40. The van der Waals surface area contributed by atoms with Crippen molar-refractivity contribution in [3.63, 3.8) is 0 Å². The number of hydrogen-bond donors (Lipinski definition) is 2. The first-order valence-corrected chi connectivity index (χ1v) is 6.55. The van der Waals surface area contributed by atoms with Crippen LogP contribution in [0.4, 0.5) is 11.6 Å². The molecule has 100 valence electrons. The lowest BCUT2D eigenvalue weighted by Crippen LogP contribution is -2.23. The van der Waals surface area contributed by atoms with Crippen molar-refractivity contribution in [2.24, 2.45) is 5.92 Å². The second-order valence-corrected chi connectivity index (χ2v) is 4.78. The Kier molecular flexibility index (Phi) is 4.36. The van der Waals surface area contributed by atoms with E-state index in [-0.39, 0.29) is 0 Å². The van der Waals surface area contributed by atoms with Crippen LogP contribution in [0.2, 0.25) is 0 Å². The smallest absolute Gasteiger partial charge is 0.134 e. The minimum atomic E-state index is 0.687. The Morgan fingerprint density at radius 1 is 1.17 bits per heavy atom. The Hall–Kier alpha value is -1.36. The van der Waals surface area contributed by atoms with E-state index >= 15 is 0 Å². The van der Waals surface area contributed by atoms with Gasteiger partial charge in [0.25, 0.3) is 0 Å². The lowest BCUT2D eigenvalue weighted by molar-refractivity contribution is 0.0699. The van der Waals surface area contributed by atoms with Crippen molar-refractivity contribution < 1.29 is 4.74 Å². The molecule has 2 N–H and O–H groups in total. The molecule has 1 aromatic rings. The number of aromatic nitrogens is 2. The lowest BCUT2D eigenvalue weighted by atomic mass is 10.0. The third-order valence-electron chi connectivity index (χ3n) is 3.39. The van der Waals surface area contributed by atoms with E-state index in [1.54, 1.807) is 0 Å². The molecule has 1 aromatic heterocycles. The molecule has 0 saturated carbocycles. The van der Waals surface area contributed by atoms with Crippen molar-refractivity contribution in [2.75, 3.05) is 37.4 Å². The van der Waals surface area contributed by atoms with Gasteiger partial charge in [-0.15, -0.1) is 0 Å². The highest BCUT2D eigenvalue weighted by Gasteiger charge is 2.15. The van der Waals surface area contributed by atoms with Crippen LogP contribution in [0, 0.1) is 19.8 Å². The summed E-state index contributed by atoms with van der Waals surface area (Å²) in [6, 6.07) is 0. The van der Waals surface area contributed by atoms with Gasteiger partial charge in [0.1, 0.15) is 17.5 Å². The van der Waals surface area contributed by atoms with Crippen molar-refractivity contribution in [3.8, 4) is 0 Å². The molecule has 0 amide bonds. The zero-order valence-electron chi connectivity index (χ0n) is 11.4. The van der Waals surface area contributed by atoms with Crippen LogP contribution in [0.5, 0.6) is 0 Å². The van der Waals surface area contributed by atoms with E-state index in [0.717, 1.165) is 55.6 Å². The molecule has 0 aromatic carbocycles. The first kappa shape index (κ1) is 13.1. The van der Waals surface area contributed by atoms with Crippen molar-refractivity contribution in [1.29, 1.82) is 0 Å². The number of nitrogens with zero attached hydrogens (tertiary/aromatic N) is 2. The van der Waals surface area contributed by atoms with Crippen LogP contribution < -0.4 is 10.6 Å². The highest BCUT2D eigenvalue weighted by atomic mass is 16.5. The normalized spacial score (nSPS) is 16.6. The topological polar surface area (TPSA) is 59.1 Å². The van der Waals surface area contributed by atoms with Gasteiger partial charge in [-0.3, -0.25) is 0 Å². The van der Waals surface area contributed by atoms with E-state index < -0.39 is 0 Å². The van der Waals surface area contributed by atoms with Gasteiger partial charge in [-0.05, 0) is 32.6 Å². The third-order valence-corrected chi connectivity index (χ3v) is 3.39. The van der Waals surface area contributed by atoms with Crippen LogP contribution in [-0.2, 0) is 4.74 Å². The first-order chi connectivity index (χ1) is 8.70. The lowest BCUT2D eigenvalue weighted by Gasteiger charge is -2.23. The summed E-state index contributed by atoms with van der Waals surface area (Å²) < 4.78 is 5.37. The summed E-state index contributed by atoms with van der Waals surface area (Å²) in [6.07, 6.45) is 2.27. The van der Waals surface area contributed by atoms with Gasteiger partial charge >= 0.3 is 0 Å². The predicted molar refractivity (Wildman–Crippen MR) is 73.1 cm³/mol. The quantitative estimate of drug-likeness (QED) is 0.855. The maximum Gasteiger partial charge on any atom is 0.134 e. The molecule has 1 aliphatic heterocycles. The van der Waals surface area contributed by atoms with E-state index in [0.29, 0.717) is 5.92 Å². The Labute approximate surface area is 108 Å². The van der Waals surface area contributed by atoms with E-state index in [4.69, 9.17) is 4.74 Å². The summed E-state index contributed by atoms with van der Waals surface area (Å²) in [5, 5.41) is 6.55. The molecule has 1 saturated heterocycles. The summed E-state index contributed by atoms with van der Waals surface area (Å²) in [4.78, 5) is 8.84. The Balaban J connectivity index is 2.01. The van der Waals surface area contributed by atoms with Crippen LogP contribution in [-0.4, -0.2) is 36.8 Å². The van der Waals surface area contributed by atoms with Crippen LogP contribution >= 0.6 is 0 Å². The SMILES string of the molecule is CNc1nc(C)nc(NCC2CCOCC2)c1C. The molecule has 1 fully saturated rings. The number of ether oxygens (including phenoxy) is 1. The Bertz CT molecular complexity index is 402. The van der Waals surface area contributed by atoms with Crippen LogP contribution in [0.15, 0.2) is 0 Å². The molecule has 0 radical (unpaired) electrons. The summed E-state index contributed by atoms with van der Waals surface area (Å²) >= 11 is 0. The largest absolute Gasteiger partial charge is 0.381 e. The first-order valence-electron chi connectivity index (χ1n) is 6.55. The molecule has 2 rings (SSSR count). The molecule has 5 heteroatoms. The van der Waals surface area contributed by atoms with Gasteiger partial charge in [-0.25, -0.2) is 9.97 Å². The number of rotatable bonds is 4. The minimum absolute atomic E-state index is 0.687. The van der Waals surface area contributed by atoms with E-state index in [1.165, 1.54) is 0 Å². The molecule has 5 nitrogen and oxygen atoms in total. The fourth-order valence-corrected chi connectivity index (χ4v) is 2.24. The average molecular weight is 250 g/mol. The van der Waals surface area contributed by atoms with Crippen LogP contribution in [0.25, 0.3) is 0 Å². The molecular weight excluding hydrogens is 228 g/mol. The van der Waals surface area contributed by atoms with Gasteiger partial charge in [-0.2, -0.15) is 0 Å². The molecule has 0 unspecified atom stereocenters. The summed E-state index contributed by atoms with van der Waals surface area (Å²) in [6.45, 7) is 6.69. The van der Waals surface area contributed by atoms with Crippen molar-refractivity contribution in [2.45, 2.75) is 26.7 Å². The Morgan fingerprint density at radius 2 is 1.83 bits per heavy atom. The number of aryl methyl sites for hydroxylation is 1. The number of anilines is 2. The molecule has 2 heterocycles. The summed E-state index contributed by atoms with van der Waals surface area (Å²) in [5.41, 5.74) is 1.08. The minimum Gasteiger partial charge on any atom is -0.381 e. The molecule has 0 bridgehead atoms. The maximum atomic E-state index is 5.37. The van der Waals surface area contributed by atoms with Crippen molar-refractivity contribution in [3.05, 3.63) is 11.4 Å². The van der Waals surface area contributed by atoms with Crippen LogP contribution in [0.1, 0.15) is 24.2 Å². The third kappa shape index (κ3) is 3.10.